The second kappa shape index (κ2) is 4.86. The number of hydrogen-bond acceptors (Lipinski definition) is 2. The van der Waals surface area contributed by atoms with Gasteiger partial charge in [-0.15, -0.1) is 0 Å². The predicted molar refractivity (Wildman–Crippen MR) is 75.7 cm³/mol. The lowest BCUT2D eigenvalue weighted by molar-refractivity contribution is 0.147. The van der Waals surface area contributed by atoms with Crippen molar-refractivity contribution in [3.63, 3.8) is 0 Å². The topological polar surface area (TPSA) is 29.5 Å². The van der Waals surface area contributed by atoms with Crippen LogP contribution in [-0.4, -0.2) is 25.6 Å². The SMILES string of the molecule is CC(C)=C1C[C@H](O[Si](C)(C)C(C)(C)C)C[C@H]1O. The van der Waals surface area contributed by atoms with E-state index >= 15 is 0 Å². The second-order valence-corrected chi connectivity index (χ2v) is 11.7. The van der Waals surface area contributed by atoms with E-state index in [2.05, 4.69) is 47.7 Å². The normalized spacial score (nSPS) is 26.5. The molecule has 0 aliphatic heterocycles. The van der Waals surface area contributed by atoms with Crippen molar-refractivity contribution in [3.05, 3.63) is 11.1 Å². The Labute approximate surface area is 107 Å². The standard InChI is InChI=1S/C14H28O2Si/c1-10(2)12-8-11(9-13(12)15)16-17(6,7)14(3,4)5/h11,13,15H,8-9H2,1-7H3/t11-,13+/m0/s1. The van der Waals surface area contributed by atoms with Crippen molar-refractivity contribution in [2.24, 2.45) is 0 Å². The minimum atomic E-state index is -1.70. The lowest BCUT2D eigenvalue weighted by Crippen LogP contribution is -2.43. The van der Waals surface area contributed by atoms with Gasteiger partial charge in [0.1, 0.15) is 0 Å². The van der Waals surface area contributed by atoms with E-state index in [0.717, 1.165) is 12.8 Å². The van der Waals surface area contributed by atoms with Gasteiger partial charge in [0.2, 0.25) is 0 Å². The summed E-state index contributed by atoms with van der Waals surface area (Å²) in [5.41, 5.74) is 2.44. The van der Waals surface area contributed by atoms with Crippen LogP contribution in [0.2, 0.25) is 18.1 Å². The zero-order valence-corrected chi connectivity index (χ0v) is 13.4. The third kappa shape index (κ3) is 3.43. The Hall–Kier alpha value is -0.123. The van der Waals surface area contributed by atoms with Crippen molar-refractivity contribution in [1.82, 2.24) is 0 Å². The highest BCUT2D eigenvalue weighted by Gasteiger charge is 2.41. The monoisotopic (exact) mass is 256 g/mol. The van der Waals surface area contributed by atoms with E-state index in [9.17, 15) is 5.11 Å². The molecule has 0 radical (unpaired) electrons. The highest BCUT2D eigenvalue weighted by Crippen LogP contribution is 2.40. The number of hydrogen-bond donors (Lipinski definition) is 1. The molecule has 3 heteroatoms. The number of rotatable bonds is 2. The Balaban J connectivity index is 2.72. The van der Waals surface area contributed by atoms with Gasteiger partial charge in [-0.2, -0.15) is 0 Å². The van der Waals surface area contributed by atoms with Crippen LogP contribution in [0.1, 0.15) is 47.5 Å². The first-order valence-corrected chi connectivity index (χ1v) is 9.47. The Morgan fingerprint density at radius 2 is 1.82 bits per heavy atom. The molecule has 1 fully saturated rings. The van der Waals surface area contributed by atoms with Crippen LogP contribution < -0.4 is 0 Å². The number of aliphatic hydroxyl groups excluding tert-OH is 1. The molecule has 17 heavy (non-hydrogen) atoms. The number of aliphatic hydroxyl groups is 1. The van der Waals surface area contributed by atoms with E-state index in [1.807, 2.05) is 0 Å². The minimum Gasteiger partial charge on any atom is -0.414 e. The molecule has 0 bridgehead atoms. The smallest absolute Gasteiger partial charge is 0.192 e. The molecule has 0 amide bonds. The van der Waals surface area contributed by atoms with E-state index in [4.69, 9.17) is 4.43 Å². The van der Waals surface area contributed by atoms with Crippen molar-refractivity contribution in [3.8, 4) is 0 Å². The molecule has 1 rings (SSSR count). The van der Waals surface area contributed by atoms with Gasteiger partial charge >= 0.3 is 0 Å². The first kappa shape index (κ1) is 14.9. The maximum Gasteiger partial charge on any atom is 0.192 e. The second-order valence-electron chi connectivity index (χ2n) is 6.98. The maximum atomic E-state index is 10.0. The number of allylic oxidation sites excluding steroid dienone is 1. The first-order chi connectivity index (χ1) is 7.54. The third-order valence-electron chi connectivity index (χ3n) is 4.25. The zero-order valence-electron chi connectivity index (χ0n) is 12.4. The summed E-state index contributed by atoms with van der Waals surface area (Å²) in [5, 5.41) is 10.2. The fourth-order valence-electron chi connectivity index (χ4n) is 2.08. The largest absolute Gasteiger partial charge is 0.414 e. The summed E-state index contributed by atoms with van der Waals surface area (Å²) in [4.78, 5) is 0. The Kier molecular flexibility index (Phi) is 4.27. The van der Waals surface area contributed by atoms with Crippen LogP contribution in [0.4, 0.5) is 0 Å². The van der Waals surface area contributed by atoms with Gasteiger partial charge in [0.05, 0.1) is 12.2 Å². The molecule has 0 aromatic rings. The molecule has 0 unspecified atom stereocenters. The molecular weight excluding hydrogens is 228 g/mol. The van der Waals surface area contributed by atoms with Gasteiger partial charge in [-0.05, 0) is 44.0 Å². The van der Waals surface area contributed by atoms with Crippen molar-refractivity contribution in [1.29, 1.82) is 0 Å². The molecule has 1 aliphatic carbocycles. The molecule has 0 aromatic heterocycles. The van der Waals surface area contributed by atoms with Gasteiger partial charge in [-0.3, -0.25) is 0 Å². The molecule has 1 saturated carbocycles. The highest BCUT2D eigenvalue weighted by atomic mass is 28.4. The van der Waals surface area contributed by atoms with E-state index < -0.39 is 8.32 Å². The van der Waals surface area contributed by atoms with Gasteiger partial charge in [0.15, 0.2) is 8.32 Å². The molecule has 100 valence electrons. The van der Waals surface area contributed by atoms with Crippen LogP contribution in [0.15, 0.2) is 11.1 Å². The van der Waals surface area contributed by atoms with Gasteiger partial charge in [-0.25, -0.2) is 0 Å². The third-order valence-corrected chi connectivity index (χ3v) is 8.78. The summed E-state index contributed by atoms with van der Waals surface area (Å²) in [6.45, 7) is 15.5. The van der Waals surface area contributed by atoms with Crippen LogP contribution in [0.3, 0.4) is 0 Å². The molecule has 2 nitrogen and oxygen atoms in total. The summed E-state index contributed by atoms with van der Waals surface area (Å²) in [5.74, 6) is 0. The molecule has 1 aliphatic rings. The average molecular weight is 256 g/mol. The Morgan fingerprint density at radius 1 is 1.29 bits per heavy atom. The van der Waals surface area contributed by atoms with Crippen molar-refractivity contribution in [2.45, 2.75) is 77.8 Å². The zero-order chi connectivity index (χ0) is 13.4. The van der Waals surface area contributed by atoms with Crippen LogP contribution in [-0.2, 0) is 4.43 Å². The minimum absolute atomic E-state index is 0.218. The molecule has 0 heterocycles. The molecule has 2 atom stereocenters. The summed E-state index contributed by atoms with van der Waals surface area (Å²) in [7, 11) is -1.70. The molecule has 1 N–H and O–H groups in total. The Bertz CT molecular complexity index is 309. The predicted octanol–water partition coefficient (Wildman–Crippen LogP) is 3.87. The quantitative estimate of drug-likeness (QED) is 0.600. The van der Waals surface area contributed by atoms with Gasteiger partial charge in [0.25, 0.3) is 0 Å². The van der Waals surface area contributed by atoms with Gasteiger partial charge < -0.3 is 9.53 Å². The summed E-state index contributed by atoms with van der Waals surface area (Å²) in [6, 6.07) is 0. The Morgan fingerprint density at radius 3 is 2.18 bits per heavy atom. The summed E-state index contributed by atoms with van der Waals surface area (Å²) in [6.07, 6.45) is 1.62. The maximum absolute atomic E-state index is 10.0. The van der Waals surface area contributed by atoms with Crippen LogP contribution in [0.25, 0.3) is 0 Å². The van der Waals surface area contributed by atoms with Crippen molar-refractivity contribution >= 4 is 8.32 Å². The molecule has 0 spiro atoms. The fourth-order valence-corrected chi connectivity index (χ4v) is 3.44. The van der Waals surface area contributed by atoms with Crippen LogP contribution >= 0.6 is 0 Å². The van der Waals surface area contributed by atoms with Crippen molar-refractivity contribution < 1.29 is 9.53 Å². The van der Waals surface area contributed by atoms with Gasteiger partial charge in [-0.1, -0.05) is 26.3 Å². The highest BCUT2D eigenvalue weighted by molar-refractivity contribution is 6.74. The van der Waals surface area contributed by atoms with Gasteiger partial charge in [0, 0.05) is 6.42 Å². The van der Waals surface area contributed by atoms with E-state index in [1.165, 1.54) is 11.1 Å². The average Bonchev–Trinajstić information content (AvgIpc) is 2.43. The lowest BCUT2D eigenvalue weighted by atomic mass is 10.1. The van der Waals surface area contributed by atoms with Crippen LogP contribution in [0, 0.1) is 0 Å². The van der Waals surface area contributed by atoms with E-state index in [0.29, 0.717) is 0 Å². The van der Waals surface area contributed by atoms with E-state index in [-0.39, 0.29) is 17.2 Å². The fraction of sp³-hybridized carbons (Fsp3) is 0.857. The lowest BCUT2D eigenvalue weighted by Gasteiger charge is -2.38. The first-order valence-electron chi connectivity index (χ1n) is 6.56. The molecule has 0 saturated heterocycles. The summed E-state index contributed by atoms with van der Waals surface area (Å²) < 4.78 is 6.36. The van der Waals surface area contributed by atoms with Crippen molar-refractivity contribution in [2.75, 3.05) is 0 Å². The summed E-state index contributed by atoms with van der Waals surface area (Å²) >= 11 is 0. The van der Waals surface area contributed by atoms with Crippen LogP contribution in [0.5, 0.6) is 0 Å². The molecule has 0 aromatic carbocycles. The molecular formula is C14H28O2Si. The van der Waals surface area contributed by atoms with E-state index in [1.54, 1.807) is 0 Å².